The molecule has 5 nitrogen and oxygen atoms in total. The highest BCUT2D eigenvalue weighted by molar-refractivity contribution is 5.04. The van der Waals surface area contributed by atoms with Crippen LogP contribution in [0.4, 0.5) is 0 Å². The SMILES string of the molecule is COC(CNCC(c1ccco1)N(C)C)OC. The van der Waals surface area contributed by atoms with Crippen molar-refractivity contribution in [3.8, 4) is 0 Å². The van der Waals surface area contributed by atoms with Gasteiger partial charge in [-0.3, -0.25) is 4.90 Å². The monoisotopic (exact) mass is 242 g/mol. The van der Waals surface area contributed by atoms with Gasteiger partial charge in [0.15, 0.2) is 6.29 Å². The van der Waals surface area contributed by atoms with E-state index in [0.29, 0.717) is 6.54 Å². The minimum Gasteiger partial charge on any atom is -0.468 e. The summed E-state index contributed by atoms with van der Waals surface area (Å²) >= 11 is 0. The average molecular weight is 242 g/mol. The number of nitrogens with zero attached hydrogens (tertiary/aromatic N) is 1. The van der Waals surface area contributed by atoms with Gasteiger partial charge in [-0.15, -0.1) is 0 Å². The predicted octanol–water partition coefficient (Wildman–Crippen LogP) is 1.09. The number of ether oxygens (including phenoxy) is 2. The fraction of sp³-hybridized carbons (Fsp3) is 0.667. The maximum absolute atomic E-state index is 5.42. The fourth-order valence-electron chi connectivity index (χ4n) is 1.62. The molecule has 0 aliphatic rings. The molecule has 0 fully saturated rings. The molecule has 1 aromatic heterocycles. The Kier molecular flexibility index (Phi) is 6.21. The Morgan fingerprint density at radius 1 is 1.29 bits per heavy atom. The van der Waals surface area contributed by atoms with E-state index in [1.54, 1.807) is 20.5 Å². The molecule has 0 saturated carbocycles. The lowest BCUT2D eigenvalue weighted by Gasteiger charge is -2.23. The Balaban J connectivity index is 2.41. The molecule has 0 radical (unpaired) electrons. The van der Waals surface area contributed by atoms with E-state index in [-0.39, 0.29) is 12.3 Å². The summed E-state index contributed by atoms with van der Waals surface area (Å²) in [6, 6.07) is 4.09. The number of likely N-dealkylation sites (N-methyl/N-ethyl adjacent to an activating group) is 1. The van der Waals surface area contributed by atoms with Crippen molar-refractivity contribution in [2.24, 2.45) is 0 Å². The lowest BCUT2D eigenvalue weighted by atomic mass is 10.2. The number of nitrogens with one attached hydrogen (secondary N) is 1. The van der Waals surface area contributed by atoms with Crippen molar-refractivity contribution in [1.82, 2.24) is 10.2 Å². The lowest BCUT2D eigenvalue weighted by molar-refractivity contribution is -0.0991. The predicted molar refractivity (Wildman–Crippen MR) is 65.8 cm³/mol. The van der Waals surface area contributed by atoms with Crippen LogP contribution in [0.1, 0.15) is 11.8 Å². The number of methoxy groups -OCH3 is 2. The second kappa shape index (κ2) is 7.45. The zero-order valence-electron chi connectivity index (χ0n) is 11.0. The van der Waals surface area contributed by atoms with E-state index in [9.17, 15) is 0 Å². The third kappa shape index (κ3) is 4.47. The summed E-state index contributed by atoms with van der Waals surface area (Å²) in [7, 11) is 7.32. The first-order valence-electron chi connectivity index (χ1n) is 5.65. The average Bonchev–Trinajstić information content (AvgIpc) is 2.82. The molecule has 1 rings (SSSR count). The van der Waals surface area contributed by atoms with Crippen molar-refractivity contribution in [3.63, 3.8) is 0 Å². The van der Waals surface area contributed by atoms with Gasteiger partial charge in [0.1, 0.15) is 5.76 Å². The topological polar surface area (TPSA) is 46.9 Å². The van der Waals surface area contributed by atoms with Gasteiger partial charge in [-0.2, -0.15) is 0 Å². The zero-order chi connectivity index (χ0) is 12.7. The van der Waals surface area contributed by atoms with Gasteiger partial charge in [-0.05, 0) is 26.2 Å². The fourth-order valence-corrected chi connectivity index (χ4v) is 1.62. The summed E-state index contributed by atoms with van der Waals surface area (Å²) < 4.78 is 15.6. The van der Waals surface area contributed by atoms with Gasteiger partial charge in [0.2, 0.25) is 0 Å². The summed E-state index contributed by atoms with van der Waals surface area (Å²) in [5.74, 6) is 0.953. The van der Waals surface area contributed by atoms with E-state index < -0.39 is 0 Å². The third-order valence-electron chi connectivity index (χ3n) is 2.67. The first kappa shape index (κ1) is 14.2. The number of hydrogen-bond donors (Lipinski definition) is 1. The minimum atomic E-state index is -0.214. The summed E-state index contributed by atoms with van der Waals surface area (Å²) in [6.07, 6.45) is 1.48. The smallest absolute Gasteiger partial charge is 0.169 e. The van der Waals surface area contributed by atoms with Gasteiger partial charge in [0.25, 0.3) is 0 Å². The van der Waals surface area contributed by atoms with Gasteiger partial charge in [0.05, 0.1) is 12.3 Å². The molecule has 0 spiro atoms. The highest BCUT2D eigenvalue weighted by Crippen LogP contribution is 2.17. The molecule has 1 aromatic rings. The van der Waals surface area contributed by atoms with Gasteiger partial charge < -0.3 is 19.2 Å². The normalized spacial score (nSPS) is 13.5. The van der Waals surface area contributed by atoms with Gasteiger partial charge in [-0.1, -0.05) is 0 Å². The molecule has 1 atom stereocenters. The lowest BCUT2D eigenvalue weighted by Crippen LogP contribution is -2.36. The van der Waals surface area contributed by atoms with E-state index in [2.05, 4.69) is 10.2 Å². The Morgan fingerprint density at radius 3 is 2.47 bits per heavy atom. The molecule has 0 aliphatic heterocycles. The molecule has 17 heavy (non-hydrogen) atoms. The Morgan fingerprint density at radius 2 is 2.00 bits per heavy atom. The Bertz CT molecular complexity index is 284. The molecule has 0 aliphatic carbocycles. The molecule has 0 bridgehead atoms. The Labute approximate surface area is 103 Å². The van der Waals surface area contributed by atoms with Crippen LogP contribution >= 0.6 is 0 Å². The van der Waals surface area contributed by atoms with Crippen LogP contribution in [0.2, 0.25) is 0 Å². The number of rotatable bonds is 8. The van der Waals surface area contributed by atoms with Crippen LogP contribution < -0.4 is 5.32 Å². The van der Waals surface area contributed by atoms with E-state index in [1.807, 2.05) is 26.2 Å². The van der Waals surface area contributed by atoms with E-state index in [1.165, 1.54) is 0 Å². The molecule has 98 valence electrons. The van der Waals surface area contributed by atoms with Crippen LogP contribution in [-0.4, -0.2) is 52.6 Å². The largest absolute Gasteiger partial charge is 0.468 e. The van der Waals surface area contributed by atoms with Gasteiger partial charge >= 0.3 is 0 Å². The molecule has 1 N–H and O–H groups in total. The van der Waals surface area contributed by atoms with Crippen LogP contribution in [0.25, 0.3) is 0 Å². The first-order chi connectivity index (χ1) is 8.19. The number of hydrogen-bond acceptors (Lipinski definition) is 5. The highest BCUT2D eigenvalue weighted by atomic mass is 16.7. The van der Waals surface area contributed by atoms with Gasteiger partial charge in [-0.25, -0.2) is 0 Å². The summed E-state index contributed by atoms with van der Waals surface area (Å²) in [4.78, 5) is 2.11. The molecule has 1 heterocycles. The molecule has 1 unspecified atom stereocenters. The third-order valence-corrected chi connectivity index (χ3v) is 2.67. The summed E-state index contributed by atoms with van der Waals surface area (Å²) in [6.45, 7) is 1.43. The van der Waals surface area contributed by atoms with Crippen LogP contribution in [-0.2, 0) is 9.47 Å². The van der Waals surface area contributed by atoms with E-state index in [0.717, 1.165) is 12.3 Å². The molecular weight excluding hydrogens is 220 g/mol. The van der Waals surface area contributed by atoms with Crippen molar-refractivity contribution >= 4 is 0 Å². The maximum atomic E-state index is 5.42. The molecular formula is C12H22N2O3. The Hall–Kier alpha value is -0.880. The minimum absolute atomic E-state index is 0.208. The summed E-state index contributed by atoms with van der Waals surface area (Å²) in [5, 5.41) is 3.31. The van der Waals surface area contributed by atoms with Crippen LogP contribution in [0, 0.1) is 0 Å². The highest BCUT2D eigenvalue weighted by Gasteiger charge is 2.17. The molecule has 5 heteroatoms. The molecule has 0 aromatic carbocycles. The van der Waals surface area contributed by atoms with Crippen LogP contribution in [0.3, 0.4) is 0 Å². The van der Waals surface area contributed by atoms with E-state index >= 15 is 0 Å². The summed E-state index contributed by atoms with van der Waals surface area (Å²) in [5.41, 5.74) is 0. The van der Waals surface area contributed by atoms with Crippen molar-refractivity contribution < 1.29 is 13.9 Å². The molecule has 0 amide bonds. The second-order valence-electron chi connectivity index (χ2n) is 4.05. The van der Waals surface area contributed by atoms with Crippen molar-refractivity contribution in [1.29, 1.82) is 0 Å². The van der Waals surface area contributed by atoms with Crippen molar-refractivity contribution in [2.75, 3.05) is 41.4 Å². The number of furan rings is 1. The maximum Gasteiger partial charge on any atom is 0.169 e. The van der Waals surface area contributed by atoms with Crippen molar-refractivity contribution in [3.05, 3.63) is 24.2 Å². The van der Waals surface area contributed by atoms with E-state index in [4.69, 9.17) is 13.9 Å². The van der Waals surface area contributed by atoms with Gasteiger partial charge in [0, 0.05) is 27.3 Å². The first-order valence-corrected chi connectivity index (χ1v) is 5.65. The quantitative estimate of drug-likeness (QED) is 0.691. The second-order valence-corrected chi connectivity index (χ2v) is 4.05. The van der Waals surface area contributed by atoms with Crippen LogP contribution in [0.5, 0.6) is 0 Å². The zero-order valence-corrected chi connectivity index (χ0v) is 11.0. The standard InChI is InChI=1S/C12H22N2O3/c1-14(2)10(11-6-5-7-17-11)8-13-9-12(15-3)16-4/h5-7,10,12-13H,8-9H2,1-4H3. The van der Waals surface area contributed by atoms with Crippen LogP contribution in [0.15, 0.2) is 22.8 Å². The molecule has 0 saturated heterocycles. The van der Waals surface area contributed by atoms with Crippen molar-refractivity contribution in [2.45, 2.75) is 12.3 Å².